The summed E-state index contributed by atoms with van der Waals surface area (Å²) in [5.41, 5.74) is 1.30. The molecule has 2 aromatic carbocycles. The molecule has 2 N–H and O–H groups in total. The van der Waals surface area contributed by atoms with Crippen LogP contribution in [0.15, 0.2) is 65.6 Å². The molecule has 0 aliphatic carbocycles. The zero-order chi connectivity index (χ0) is 20.5. The van der Waals surface area contributed by atoms with E-state index < -0.39 is 10.0 Å². The van der Waals surface area contributed by atoms with E-state index in [0.717, 1.165) is 32.7 Å². The molecule has 1 amide bonds. The van der Waals surface area contributed by atoms with Crippen molar-refractivity contribution >= 4 is 15.9 Å². The Hall–Kier alpha value is -2.26. The van der Waals surface area contributed by atoms with Crippen LogP contribution in [0.1, 0.15) is 5.56 Å². The van der Waals surface area contributed by atoms with E-state index in [9.17, 15) is 13.2 Å². The van der Waals surface area contributed by atoms with Crippen molar-refractivity contribution in [1.82, 2.24) is 19.8 Å². The molecule has 0 bridgehead atoms. The van der Waals surface area contributed by atoms with E-state index in [1.807, 2.05) is 6.07 Å². The van der Waals surface area contributed by atoms with Gasteiger partial charge >= 0.3 is 0 Å². The molecule has 0 radical (unpaired) electrons. The first kappa shape index (κ1) is 21.4. The number of nitrogens with one attached hydrogen (secondary N) is 2. The van der Waals surface area contributed by atoms with Crippen LogP contribution < -0.4 is 10.0 Å². The SMILES string of the molecule is O=C(CN1CCN(Cc2ccccc2)CC1)NCCNS(=O)(=O)c1ccccc1. The maximum Gasteiger partial charge on any atom is 0.240 e. The van der Waals surface area contributed by atoms with Gasteiger partial charge in [-0.15, -0.1) is 0 Å². The molecule has 1 heterocycles. The number of rotatable bonds is 9. The second-order valence-electron chi connectivity index (χ2n) is 7.10. The third-order valence-corrected chi connectivity index (χ3v) is 6.35. The molecule has 1 fully saturated rings. The van der Waals surface area contributed by atoms with Crippen molar-refractivity contribution in [3.63, 3.8) is 0 Å². The van der Waals surface area contributed by atoms with Crippen LogP contribution in [0.25, 0.3) is 0 Å². The molecule has 29 heavy (non-hydrogen) atoms. The second kappa shape index (κ2) is 10.5. The second-order valence-corrected chi connectivity index (χ2v) is 8.87. The van der Waals surface area contributed by atoms with Gasteiger partial charge in [-0.05, 0) is 17.7 Å². The highest BCUT2D eigenvalue weighted by molar-refractivity contribution is 7.89. The predicted molar refractivity (Wildman–Crippen MR) is 113 cm³/mol. The lowest BCUT2D eigenvalue weighted by Crippen LogP contribution is -2.49. The van der Waals surface area contributed by atoms with E-state index in [0.29, 0.717) is 6.54 Å². The molecule has 156 valence electrons. The summed E-state index contributed by atoms with van der Waals surface area (Å²) in [4.78, 5) is 16.9. The van der Waals surface area contributed by atoms with Gasteiger partial charge in [-0.25, -0.2) is 13.1 Å². The molecule has 0 saturated carbocycles. The van der Waals surface area contributed by atoms with E-state index in [1.54, 1.807) is 30.3 Å². The molecule has 0 spiro atoms. The summed E-state index contributed by atoms with van der Waals surface area (Å²) in [5, 5.41) is 2.78. The van der Waals surface area contributed by atoms with Crippen molar-refractivity contribution in [1.29, 1.82) is 0 Å². The van der Waals surface area contributed by atoms with Crippen LogP contribution in [0.5, 0.6) is 0 Å². The fraction of sp³-hybridized carbons (Fsp3) is 0.381. The van der Waals surface area contributed by atoms with Gasteiger partial charge in [-0.2, -0.15) is 0 Å². The Labute approximate surface area is 172 Å². The third kappa shape index (κ3) is 6.93. The molecule has 8 heteroatoms. The number of hydrogen-bond donors (Lipinski definition) is 2. The lowest BCUT2D eigenvalue weighted by molar-refractivity contribution is -0.122. The zero-order valence-electron chi connectivity index (χ0n) is 16.5. The summed E-state index contributed by atoms with van der Waals surface area (Å²) in [6.07, 6.45) is 0. The molecule has 1 saturated heterocycles. The Morgan fingerprint density at radius 2 is 1.41 bits per heavy atom. The summed E-state index contributed by atoms with van der Waals surface area (Å²) in [5.74, 6) is -0.0829. The molecule has 0 unspecified atom stereocenters. The normalized spacial score (nSPS) is 15.9. The van der Waals surface area contributed by atoms with E-state index in [2.05, 4.69) is 44.1 Å². The van der Waals surface area contributed by atoms with Crippen molar-refractivity contribution in [3.8, 4) is 0 Å². The lowest BCUT2D eigenvalue weighted by Gasteiger charge is -2.34. The zero-order valence-corrected chi connectivity index (χ0v) is 17.3. The van der Waals surface area contributed by atoms with E-state index in [1.165, 1.54) is 5.56 Å². The van der Waals surface area contributed by atoms with Gasteiger partial charge < -0.3 is 5.32 Å². The minimum absolute atomic E-state index is 0.0829. The van der Waals surface area contributed by atoms with Crippen LogP contribution in [0.2, 0.25) is 0 Å². The maximum absolute atomic E-state index is 12.1. The molecular weight excluding hydrogens is 388 g/mol. The van der Waals surface area contributed by atoms with Crippen molar-refractivity contribution in [2.45, 2.75) is 11.4 Å². The first-order valence-electron chi connectivity index (χ1n) is 9.83. The van der Waals surface area contributed by atoms with Crippen LogP contribution in [-0.2, 0) is 21.4 Å². The average molecular weight is 417 g/mol. The first-order chi connectivity index (χ1) is 14.0. The molecule has 0 aromatic heterocycles. The molecule has 1 aliphatic heterocycles. The van der Waals surface area contributed by atoms with Gasteiger partial charge in [0.1, 0.15) is 0 Å². The number of hydrogen-bond acceptors (Lipinski definition) is 5. The van der Waals surface area contributed by atoms with E-state index >= 15 is 0 Å². The number of benzene rings is 2. The fourth-order valence-electron chi connectivity index (χ4n) is 3.28. The largest absolute Gasteiger partial charge is 0.354 e. The van der Waals surface area contributed by atoms with E-state index in [4.69, 9.17) is 0 Å². The highest BCUT2D eigenvalue weighted by Crippen LogP contribution is 2.08. The summed E-state index contributed by atoms with van der Waals surface area (Å²) in [6, 6.07) is 18.6. The van der Waals surface area contributed by atoms with Gasteiger partial charge in [-0.1, -0.05) is 48.5 Å². The number of carbonyl (C=O) groups excluding carboxylic acids is 1. The number of nitrogens with zero attached hydrogens (tertiary/aromatic N) is 2. The first-order valence-corrected chi connectivity index (χ1v) is 11.3. The summed E-state index contributed by atoms with van der Waals surface area (Å²) < 4.78 is 26.7. The number of amides is 1. The molecular formula is C21H28N4O3S. The minimum atomic E-state index is -3.53. The van der Waals surface area contributed by atoms with Crippen molar-refractivity contribution in [2.24, 2.45) is 0 Å². The van der Waals surface area contributed by atoms with Crippen LogP contribution in [0.4, 0.5) is 0 Å². The Bertz CT molecular complexity index is 867. The van der Waals surface area contributed by atoms with Crippen molar-refractivity contribution in [2.75, 3.05) is 45.8 Å². The highest BCUT2D eigenvalue weighted by Gasteiger charge is 2.19. The van der Waals surface area contributed by atoms with Gasteiger partial charge in [-0.3, -0.25) is 14.6 Å². The van der Waals surface area contributed by atoms with E-state index in [-0.39, 0.29) is 23.9 Å². The summed E-state index contributed by atoms with van der Waals surface area (Å²) >= 11 is 0. The molecule has 0 atom stereocenters. The van der Waals surface area contributed by atoms with Crippen LogP contribution in [0, 0.1) is 0 Å². The van der Waals surface area contributed by atoms with Crippen molar-refractivity contribution < 1.29 is 13.2 Å². The molecule has 1 aliphatic rings. The molecule has 3 rings (SSSR count). The fourth-order valence-corrected chi connectivity index (χ4v) is 4.33. The topological polar surface area (TPSA) is 81.8 Å². The smallest absolute Gasteiger partial charge is 0.240 e. The Morgan fingerprint density at radius 1 is 0.828 bits per heavy atom. The number of piperazine rings is 1. The highest BCUT2D eigenvalue weighted by atomic mass is 32.2. The van der Waals surface area contributed by atoms with Gasteiger partial charge in [0.25, 0.3) is 0 Å². The van der Waals surface area contributed by atoms with Gasteiger partial charge in [0.15, 0.2) is 0 Å². The molecule has 7 nitrogen and oxygen atoms in total. The Balaban J connectivity index is 1.31. The standard InChI is InChI=1S/C21H28N4O3S/c26-21(22-11-12-23-29(27,28)20-9-5-2-6-10-20)18-25-15-13-24(14-16-25)17-19-7-3-1-4-8-19/h1-10,23H,11-18H2,(H,22,26). The van der Waals surface area contributed by atoms with Crippen LogP contribution >= 0.6 is 0 Å². The van der Waals surface area contributed by atoms with Crippen LogP contribution in [0.3, 0.4) is 0 Å². The lowest BCUT2D eigenvalue weighted by atomic mass is 10.2. The number of sulfonamides is 1. The Kier molecular flexibility index (Phi) is 7.76. The summed E-state index contributed by atoms with van der Waals surface area (Å²) in [7, 11) is -3.53. The third-order valence-electron chi connectivity index (χ3n) is 4.87. The van der Waals surface area contributed by atoms with Gasteiger partial charge in [0.05, 0.1) is 11.4 Å². The maximum atomic E-state index is 12.1. The molecule has 2 aromatic rings. The predicted octanol–water partition coefficient (Wildman–Crippen LogP) is 0.899. The quantitative estimate of drug-likeness (QED) is 0.594. The van der Waals surface area contributed by atoms with Gasteiger partial charge in [0.2, 0.25) is 15.9 Å². The van der Waals surface area contributed by atoms with Gasteiger partial charge in [0, 0.05) is 45.8 Å². The number of carbonyl (C=O) groups is 1. The van der Waals surface area contributed by atoms with Crippen molar-refractivity contribution in [3.05, 3.63) is 66.2 Å². The minimum Gasteiger partial charge on any atom is -0.354 e. The summed E-state index contributed by atoms with van der Waals surface area (Å²) in [6.45, 7) is 5.25. The van der Waals surface area contributed by atoms with Crippen LogP contribution in [-0.4, -0.2) is 69.9 Å². The average Bonchev–Trinajstić information content (AvgIpc) is 2.74. The monoisotopic (exact) mass is 416 g/mol. The Morgan fingerprint density at radius 3 is 2.07 bits per heavy atom.